The van der Waals surface area contributed by atoms with Crippen LogP contribution in [0.4, 0.5) is 0 Å². The van der Waals surface area contributed by atoms with E-state index in [2.05, 4.69) is 51.0 Å². The fraction of sp³-hybridized carbons (Fsp3) is 0.533. The average molecular weight is 794 g/mol. The molecule has 4 aliphatic carbocycles. The lowest BCUT2D eigenvalue weighted by Crippen LogP contribution is -2.51. The van der Waals surface area contributed by atoms with Crippen LogP contribution in [-0.4, -0.2) is 81.5 Å². The second-order valence-corrected chi connectivity index (χ2v) is 17.3. The van der Waals surface area contributed by atoms with Crippen LogP contribution in [0.25, 0.3) is 6.08 Å². The standard InChI is InChI=1S/C45H59N7O6/c1-44-19-17-33(25-32(44)12-13-35-36-14-15-40(53)45(36,2)20-18-37(35)44)47-49-43(56)31-10-7-29(8-11-31)26-51(3)27-34-28-52(50-48-34)22-6-21-46-41(54)16-9-30-23-38(57-4)42(55)39(24-30)58-5/h7-11,16,23-25,28,35-37,40,53,55H,6,12-15,17-22,26-27H2,1-5H3,(H,46,54)(H,49,56)/b16-9+,47-33+/t35-,36?,37?,40-,44-,45-/m0/s1. The Morgan fingerprint density at radius 1 is 1.02 bits per heavy atom. The molecular formula is C45H59N7O6. The van der Waals surface area contributed by atoms with E-state index in [9.17, 15) is 19.8 Å². The Balaban J connectivity index is 0.830. The summed E-state index contributed by atoms with van der Waals surface area (Å²) in [6.07, 6.45) is 16.4. The van der Waals surface area contributed by atoms with Crippen LogP contribution in [0.3, 0.4) is 0 Å². The number of hydrazone groups is 1. The van der Waals surface area contributed by atoms with Gasteiger partial charge in [0.05, 0.1) is 31.7 Å². The summed E-state index contributed by atoms with van der Waals surface area (Å²) in [7, 11) is 4.92. The van der Waals surface area contributed by atoms with Gasteiger partial charge in [0.25, 0.3) is 5.91 Å². The topological polar surface area (TPSA) is 163 Å². The molecule has 1 aromatic heterocycles. The van der Waals surface area contributed by atoms with E-state index in [1.54, 1.807) is 22.9 Å². The third-order valence-electron chi connectivity index (χ3n) is 13.7. The number of fused-ring (bicyclic) bond motifs is 5. The summed E-state index contributed by atoms with van der Waals surface area (Å²) < 4.78 is 12.1. The predicted octanol–water partition coefficient (Wildman–Crippen LogP) is 6.26. The second-order valence-electron chi connectivity index (χ2n) is 17.3. The quantitative estimate of drug-likeness (QED) is 0.0838. The molecule has 4 aliphatic rings. The molecule has 0 bridgehead atoms. The summed E-state index contributed by atoms with van der Waals surface area (Å²) in [5.41, 5.74) is 8.70. The minimum atomic E-state index is -0.240. The van der Waals surface area contributed by atoms with Gasteiger partial charge in [-0.15, -0.1) is 5.10 Å². The van der Waals surface area contributed by atoms with Crippen molar-refractivity contribution in [2.75, 3.05) is 27.8 Å². The van der Waals surface area contributed by atoms with Crippen molar-refractivity contribution in [1.82, 2.24) is 30.6 Å². The first-order valence-corrected chi connectivity index (χ1v) is 20.7. The zero-order chi connectivity index (χ0) is 41.0. The van der Waals surface area contributed by atoms with Crippen molar-refractivity contribution in [3.8, 4) is 17.2 Å². The Labute approximate surface area is 341 Å². The number of amides is 2. The smallest absolute Gasteiger partial charge is 0.271 e. The van der Waals surface area contributed by atoms with Gasteiger partial charge >= 0.3 is 0 Å². The number of phenolic OH excluding ortho intramolecular Hbond substituents is 1. The van der Waals surface area contributed by atoms with E-state index in [1.165, 1.54) is 45.1 Å². The van der Waals surface area contributed by atoms with Gasteiger partial charge in [-0.25, -0.2) is 5.43 Å². The van der Waals surface area contributed by atoms with Gasteiger partial charge < -0.3 is 25.0 Å². The number of aromatic nitrogens is 3. The van der Waals surface area contributed by atoms with Crippen LogP contribution < -0.4 is 20.2 Å². The normalized spacial score (nSPS) is 27.2. The Bertz CT molecular complexity index is 2030. The minimum Gasteiger partial charge on any atom is -0.502 e. The number of benzene rings is 2. The summed E-state index contributed by atoms with van der Waals surface area (Å²) in [6, 6.07) is 10.9. The molecule has 2 aromatic carbocycles. The van der Waals surface area contributed by atoms with Gasteiger partial charge in [-0.3, -0.25) is 19.2 Å². The number of allylic oxidation sites excluding steroid dienone is 2. The third-order valence-corrected chi connectivity index (χ3v) is 13.7. The van der Waals surface area contributed by atoms with E-state index >= 15 is 0 Å². The molecule has 0 saturated heterocycles. The van der Waals surface area contributed by atoms with Crippen molar-refractivity contribution < 1.29 is 29.3 Å². The van der Waals surface area contributed by atoms with Gasteiger partial charge in [-0.1, -0.05) is 36.8 Å². The van der Waals surface area contributed by atoms with Crippen LogP contribution in [0.15, 0.2) is 65.4 Å². The Hall–Kier alpha value is -5.01. The summed E-state index contributed by atoms with van der Waals surface area (Å²) >= 11 is 0. The lowest BCUT2D eigenvalue weighted by molar-refractivity contribution is -0.116. The average Bonchev–Trinajstić information content (AvgIpc) is 3.80. The summed E-state index contributed by atoms with van der Waals surface area (Å²) in [6.45, 7) is 7.15. The molecule has 310 valence electrons. The number of aliphatic hydroxyl groups is 1. The van der Waals surface area contributed by atoms with Gasteiger partial charge in [0, 0.05) is 44.0 Å². The number of hydrogen-bond acceptors (Lipinski definition) is 10. The summed E-state index contributed by atoms with van der Waals surface area (Å²) in [5, 5.41) is 36.9. The first-order valence-electron chi connectivity index (χ1n) is 20.7. The molecule has 4 N–H and O–H groups in total. The Kier molecular flexibility index (Phi) is 12.4. The number of ether oxygens (including phenoxy) is 2. The van der Waals surface area contributed by atoms with Crippen LogP contribution in [0.1, 0.15) is 98.8 Å². The van der Waals surface area contributed by atoms with Crippen molar-refractivity contribution in [3.63, 3.8) is 0 Å². The van der Waals surface area contributed by atoms with Crippen LogP contribution in [0.2, 0.25) is 0 Å². The number of carbonyl (C=O) groups excluding carboxylic acids is 2. The summed E-state index contributed by atoms with van der Waals surface area (Å²) in [5.74, 6) is 1.99. The Morgan fingerprint density at radius 2 is 1.78 bits per heavy atom. The van der Waals surface area contributed by atoms with Crippen molar-refractivity contribution in [3.05, 3.63) is 82.7 Å². The fourth-order valence-corrected chi connectivity index (χ4v) is 10.4. The van der Waals surface area contributed by atoms with E-state index in [0.29, 0.717) is 61.5 Å². The fourth-order valence-electron chi connectivity index (χ4n) is 10.4. The molecule has 0 aliphatic heterocycles. The highest BCUT2D eigenvalue weighted by molar-refractivity contribution is 5.99. The van der Waals surface area contributed by atoms with E-state index in [4.69, 9.17) is 9.47 Å². The molecular weight excluding hydrogens is 735 g/mol. The molecule has 1 heterocycles. The maximum atomic E-state index is 13.1. The SMILES string of the molecule is COc1cc(/C=C/C(=O)NCCCn2cc(CN(C)Cc3ccc(C(=O)N/N=C4/C=C5CC[C@@H]6C(CC[C@@]7(C)C6CC[C@@H]7O)[C@@]5(C)CC4)cc3)nn2)cc(OC)c1O. The van der Waals surface area contributed by atoms with Gasteiger partial charge in [-0.05, 0) is 141 Å². The van der Waals surface area contributed by atoms with Crippen molar-refractivity contribution in [1.29, 1.82) is 0 Å². The van der Waals surface area contributed by atoms with Gasteiger partial charge in [0.15, 0.2) is 11.5 Å². The number of nitrogens with one attached hydrogen (secondary N) is 2. The maximum Gasteiger partial charge on any atom is 0.271 e. The van der Waals surface area contributed by atoms with Gasteiger partial charge in [0.1, 0.15) is 0 Å². The lowest BCUT2D eigenvalue weighted by atomic mass is 9.47. The molecule has 2 amide bonds. The largest absolute Gasteiger partial charge is 0.502 e. The first kappa shape index (κ1) is 41.2. The van der Waals surface area contributed by atoms with E-state index in [0.717, 1.165) is 49.1 Å². The number of hydrogen-bond donors (Lipinski definition) is 4. The number of rotatable bonds is 14. The van der Waals surface area contributed by atoms with Crippen LogP contribution in [-0.2, 0) is 24.4 Å². The molecule has 58 heavy (non-hydrogen) atoms. The number of aliphatic hydroxyl groups excluding tert-OH is 1. The molecule has 3 aromatic rings. The molecule has 13 heteroatoms. The van der Waals surface area contributed by atoms with E-state index < -0.39 is 0 Å². The minimum absolute atomic E-state index is 0.0923. The van der Waals surface area contributed by atoms with Crippen LogP contribution in [0.5, 0.6) is 17.2 Å². The zero-order valence-electron chi connectivity index (χ0n) is 34.5. The predicted molar refractivity (Wildman–Crippen MR) is 222 cm³/mol. The number of carbonyl (C=O) groups is 2. The maximum absolute atomic E-state index is 13.1. The van der Waals surface area contributed by atoms with Gasteiger partial charge in [-0.2, -0.15) is 5.10 Å². The monoisotopic (exact) mass is 793 g/mol. The number of aryl methyl sites for hydroxylation is 1. The first-order chi connectivity index (χ1) is 27.9. The molecule has 3 saturated carbocycles. The zero-order valence-corrected chi connectivity index (χ0v) is 34.5. The molecule has 0 radical (unpaired) electrons. The van der Waals surface area contributed by atoms with Crippen LogP contribution in [0, 0.1) is 28.6 Å². The van der Waals surface area contributed by atoms with Crippen molar-refractivity contribution in [2.24, 2.45) is 33.7 Å². The molecule has 6 atom stereocenters. The number of methoxy groups -OCH3 is 2. The lowest BCUT2D eigenvalue weighted by Gasteiger charge is -2.57. The Morgan fingerprint density at radius 3 is 2.52 bits per heavy atom. The van der Waals surface area contributed by atoms with E-state index in [1.807, 2.05) is 37.5 Å². The highest BCUT2D eigenvalue weighted by Crippen LogP contribution is 2.65. The third kappa shape index (κ3) is 8.70. The van der Waals surface area contributed by atoms with Gasteiger partial charge in [0.2, 0.25) is 11.7 Å². The molecule has 13 nitrogen and oxygen atoms in total. The van der Waals surface area contributed by atoms with E-state index in [-0.39, 0.29) is 46.0 Å². The van der Waals surface area contributed by atoms with Crippen molar-refractivity contribution >= 4 is 23.6 Å². The number of aromatic hydroxyl groups is 1. The molecule has 2 unspecified atom stereocenters. The molecule has 0 spiro atoms. The highest BCUT2D eigenvalue weighted by Gasteiger charge is 2.58. The number of phenols is 1. The highest BCUT2D eigenvalue weighted by atomic mass is 16.5. The summed E-state index contributed by atoms with van der Waals surface area (Å²) in [4.78, 5) is 27.6. The van der Waals surface area contributed by atoms with Crippen molar-refractivity contribution in [2.45, 2.75) is 97.4 Å². The second kappa shape index (κ2) is 17.5. The molecule has 7 rings (SSSR count). The van der Waals surface area contributed by atoms with Crippen LogP contribution >= 0.6 is 0 Å². The number of nitrogens with zero attached hydrogens (tertiary/aromatic N) is 5. The molecule has 3 fully saturated rings.